The molecular formula is C27H32FN5O2. The first kappa shape index (κ1) is 23.3. The van der Waals surface area contributed by atoms with Crippen LogP contribution in [-0.4, -0.2) is 62.6 Å². The molecule has 184 valence electrons. The van der Waals surface area contributed by atoms with Gasteiger partial charge in [-0.05, 0) is 61.4 Å². The van der Waals surface area contributed by atoms with E-state index >= 15 is 4.39 Å². The van der Waals surface area contributed by atoms with Crippen molar-refractivity contribution in [1.29, 1.82) is 0 Å². The van der Waals surface area contributed by atoms with Crippen molar-refractivity contribution in [2.75, 3.05) is 26.2 Å². The minimum absolute atomic E-state index is 0.0394. The van der Waals surface area contributed by atoms with E-state index in [1.165, 1.54) is 0 Å². The Bertz CT molecular complexity index is 1250. The van der Waals surface area contributed by atoms with E-state index in [0.717, 1.165) is 55.3 Å². The van der Waals surface area contributed by atoms with E-state index in [1.807, 2.05) is 36.2 Å². The van der Waals surface area contributed by atoms with Crippen LogP contribution in [0.4, 0.5) is 4.39 Å². The number of amides is 2. The van der Waals surface area contributed by atoms with E-state index in [4.69, 9.17) is 0 Å². The third-order valence-electron chi connectivity index (χ3n) is 7.16. The van der Waals surface area contributed by atoms with Crippen molar-refractivity contribution < 1.29 is 14.0 Å². The minimum Gasteiger partial charge on any atom is -0.348 e. The number of hydrogen-bond acceptors (Lipinski definition) is 3. The Kier molecular flexibility index (Phi) is 6.70. The summed E-state index contributed by atoms with van der Waals surface area (Å²) < 4.78 is 17.6. The van der Waals surface area contributed by atoms with E-state index in [9.17, 15) is 9.59 Å². The maximum Gasteiger partial charge on any atom is 0.270 e. The number of aryl methyl sites for hydroxylation is 2. The second-order valence-corrected chi connectivity index (χ2v) is 9.43. The summed E-state index contributed by atoms with van der Waals surface area (Å²) in [5.74, 6) is -0.376. The molecule has 2 amide bonds. The normalized spacial score (nSPS) is 16.6. The molecule has 0 aliphatic carbocycles. The lowest BCUT2D eigenvalue weighted by molar-refractivity contribution is -0.131. The Labute approximate surface area is 204 Å². The van der Waals surface area contributed by atoms with Gasteiger partial charge in [0, 0.05) is 62.5 Å². The summed E-state index contributed by atoms with van der Waals surface area (Å²) in [4.78, 5) is 32.6. The molecule has 0 radical (unpaired) electrons. The van der Waals surface area contributed by atoms with Crippen LogP contribution in [0.5, 0.6) is 0 Å². The maximum absolute atomic E-state index is 15.8. The van der Waals surface area contributed by atoms with E-state index in [-0.39, 0.29) is 17.6 Å². The number of fused-ring (bicyclic) bond motifs is 1. The Balaban J connectivity index is 1.39. The molecule has 0 spiro atoms. The molecule has 4 heterocycles. The van der Waals surface area contributed by atoms with Gasteiger partial charge in [-0.25, -0.2) is 4.39 Å². The number of aromatic amines is 1. The predicted molar refractivity (Wildman–Crippen MR) is 133 cm³/mol. The number of rotatable bonds is 6. The molecule has 1 aromatic carbocycles. The summed E-state index contributed by atoms with van der Waals surface area (Å²) >= 11 is 0. The minimum atomic E-state index is -0.355. The van der Waals surface area contributed by atoms with Crippen LogP contribution in [0.3, 0.4) is 0 Å². The number of aromatic nitrogens is 3. The van der Waals surface area contributed by atoms with Crippen LogP contribution in [0.15, 0.2) is 36.7 Å². The van der Waals surface area contributed by atoms with Gasteiger partial charge in [0.05, 0.1) is 5.52 Å². The Morgan fingerprint density at radius 2 is 1.94 bits per heavy atom. The number of nitrogens with zero attached hydrogens (tertiary/aromatic N) is 4. The number of carbonyl (C=O) groups is 2. The highest BCUT2D eigenvalue weighted by molar-refractivity contribution is 6.00. The van der Waals surface area contributed by atoms with Gasteiger partial charge < -0.3 is 14.8 Å². The summed E-state index contributed by atoms with van der Waals surface area (Å²) in [6, 6.07) is 5.53. The quantitative estimate of drug-likeness (QED) is 0.572. The molecule has 0 unspecified atom stereocenters. The third-order valence-corrected chi connectivity index (χ3v) is 7.16. The van der Waals surface area contributed by atoms with E-state index in [2.05, 4.69) is 10.1 Å². The number of halogens is 1. The van der Waals surface area contributed by atoms with Gasteiger partial charge in [-0.3, -0.25) is 14.3 Å². The smallest absolute Gasteiger partial charge is 0.270 e. The average molecular weight is 478 g/mol. The van der Waals surface area contributed by atoms with Crippen LogP contribution in [-0.2, 0) is 17.8 Å². The van der Waals surface area contributed by atoms with E-state index in [0.29, 0.717) is 49.2 Å². The van der Waals surface area contributed by atoms with Gasteiger partial charge in [-0.15, -0.1) is 0 Å². The fourth-order valence-electron chi connectivity index (χ4n) is 5.19. The highest BCUT2D eigenvalue weighted by atomic mass is 19.1. The number of carbonyl (C=O) groups excluding carboxylic acids is 2. The Morgan fingerprint density at radius 1 is 1.11 bits per heavy atom. The molecule has 1 saturated heterocycles. The van der Waals surface area contributed by atoms with Crippen LogP contribution in [0, 0.1) is 5.82 Å². The topological polar surface area (TPSA) is 74.2 Å². The molecule has 2 aromatic heterocycles. The van der Waals surface area contributed by atoms with Crippen LogP contribution < -0.4 is 0 Å². The average Bonchev–Trinajstić information content (AvgIpc) is 3.59. The van der Waals surface area contributed by atoms with Crippen LogP contribution in [0.1, 0.15) is 60.6 Å². The number of piperidine rings is 1. The van der Waals surface area contributed by atoms with Crippen molar-refractivity contribution in [3.8, 4) is 0 Å². The van der Waals surface area contributed by atoms with Crippen LogP contribution >= 0.6 is 0 Å². The van der Waals surface area contributed by atoms with Crippen LogP contribution in [0.25, 0.3) is 16.5 Å². The summed E-state index contributed by atoms with van der Waals surface area (Å²) in [6.45, 7) is 5.07. The molecule has 0 bridgehead atoms. The van der Waals surface area contributed by atoms with Gasteiger partial charge in [0.2, 0.25) is 5.91 Å². The molecule has 35 heavy (non-hydrogen) atoms. The predicted octanol–water partition coefficient (Wildman–Crippen LogP) is 4.40. The van der Waals surface area contributed by atoms with Crippen molar-refractivity contribution in [2.24, 2.45) is 0 Å². The molecule has 2 aliphatic heterocycles. The SMILES string of the molecule is CCc1cc(C2=CCCN(C(=O)CCn3cccn3)C2)c(F)c2[nH]c(C(=O)N3CCCCC3)cc12. The van der Waals surface area contributed by atoms with Crippen molar-refractivity contribution >= 4 is 28.3 Å². The number of hydrogen-bond donors (Lipinski definition) is 1. The van der Waals surface area contributed by atoms with E-state index in [1.54, 1.807) is 21.8 Å². The first-order valence-corrected chi connectivity index (χ1v) is 12.6. The fraction of sp³-hybridized carbons (Fsp3) is 0.444. The van der Waals surface area contributed by atoms with Crippen LogP contribution in [0.2, 0.25) is 0 Å². The van der Waals surface area contributed by atoms with Gasteiger partial charge in [0.1, 0.15) is 5.69 Å². The first-order valence-electron chi connectivity index (χ1n) is 12.6. The molecule has 5 rings (SSSR count). The van der Waals surface area contributed by atoms with Crippen molar-refractivity contribution in [3.63, 3.8) is 0 Å². The lowest BCUT2D eigenvalue weighted by atomic mass is 9.95. The summed E-state index contributed by atoms with van der Waals surface area (Å²) in [6.07, 6.45) is 10.5. The molecule has 1 fully saturated rings. The van der Waals surface area contributed by atoms with Gasteiger partial charge in [-0.1, -0.05) is 13.0 Å². The van der Waals surface area contributed by atoms with E-state index < -0.39 is 0 Å². The molecular weight excluding hydrogens is 445 g/mol. The molecule has 2 aliphatic rings. The number of benzene rings is 1. The Hall–Kier alpha value is -3.42. The van der Waals surface area contributed by atoms with Crippen molar-refractivity contribution in [1.82, 2.24) is 24.6 Å². The molecule has 0 atom stereocenters. The highest BCUT2D eigenvalue weighted by Gasteiger charge is 2.25. The second-order valence-electron chi connectivity index (χ2n) is 9.43. The Morgan fingerprint density at radius 3 is 2.69 bits per heavy atom. The zero-order valence-corrected chi connectivity index (χ0v) is 20.2. The summed E-state index contributed by atoms with van der Waals surface area (Å²) in [5.41, 5.74) is 3.14. The van der Waals surface area contributed by atoms with Crippen molar-refractivity contribution in [2.45, 2.75) is 52.0 Å². The second kappa shape index (κ2) is 10.1. The summed E-state index contributed by atoms with van der Waals surface area (Å²) in [7, 11) is 0. The lowest BCUT2D eigenvalue weighted by Crippen LogP contribution is -2.36. The van der Waals surface area contributed by atoms with Crippen molar-refractivity contribution in [3.05, 3.63) is 59.3 Å². The first-order chi connectivity index (χ1) is 17.0. The number of nitrogens with one attached hydrogen (secondary N) is 1. The molecule has 3 aromatic rings. The monoisotopic (exact) mass is 477 g/mol. The lowest BCUT2D eigenvalue weighted by Gasteiger charge is -2.28. The maximum atomic E-state index is 15.8. The van der Waals surface area contributed by atoms with Gasteiger partial charge in [0.15, 0.2) is 5.82 Å². The fourth-order valence-corrected chi connectivity index (χ4v) is 5.19. The van der Waals surface area contributed by atoms with Gasteiger partial charge in [0.25, 0.3) is 5.91 Å². The zero-order valence-electron chi connectivity index (χ0n) is 20.2. The molecule has 0 saturated carbocycles. The zero-order chi connectivity index (χ0) is 24.4. The highest BCUT2D eigenvalue weighted by Crippen LogP contribution is 2.32. The standard InChI is InChI=1S/C27H32FN5O2/c1-2-19-16-21(20-8-6-13-32(18-20)24(34)9-15-33-14-7-10-29-33)25(28)26-22(19)17-23(30-26)27(35)31-11-4-3-5-12-31/h7-8,10,14,16-17,30H,2-6,9,11-13,15,18H2,1H3. The molecule has 7 nitrogen and oxygen atoms in total. The largest absolute Gasteiger partial charge is 0.348 e. The third kappa shape index (κ3) is 4.74. The molecule has 1 N–H and O–H groups in total. The summed E-state index contributed by atoms with van der Waals surface area (Å²) in [5, 5.41) is 4.92. The molecule has 8 heteroatoms. The number of H-pyrrole nitrogens is 1. The van der Waals surface area contributed by atoms with Gasteiger partial charge in [-0.2, -0.15) is 5.10 Å². The number of likely N-dealkylation sites (tertiary alicyclic amines) is 1. The van der Waals surface area contributed by atoms with Gasteiger partial charge >= 0.3 is 0 Å².